The van der Waals surface area contributed by atoms with Crippen molar-refractivity contribution in [1.82, 2.24) is 5.32 Å². The van der Waals surface area contributed by atoms with Gasteiger partial charge in [0, 0.05) is 18.2 Å². The number of nitrogens with one attached hydrogen (secondary N) is 1. The average Bonchev–Trinajstić information content (AvgIpc) is 2.38. The van der Waals surface area contributed by atoms with E-state index in [2.05, 4.69) is 38.2 Å². The summed E-state index contributed by atoms with van der Waals surface area (Å²) in [7, 11) is 1.69. The van der Waals surface area contributed by atoms with Crippen LogP contribution in [0.4, 0.5) is 0 Å². The number of aryl methyl sites for hydroxylation is 1. The number of benzene rings is 1. The Morgan fingerprint density at radius 2 is 2.06 bits per heavy atom. The van der Waals surface area contributed by atoms with Gasteiger partial charge in [-0.2, -0.15) is 0 Å². The van der Waals surface area contributed by atoms with Crippen molar-refractivity contribution in [2.45, 2.75) is 39.8 Å². The van der Waals surface area contributed by atoms with E-state index in [-0.39, 0.29) is 12.6 Å². The van der Waals surface area contributed by atoms with Crippen LogP contribution in [0.25, 0.3) is 0 Å². The number of hydrogen-bond acceptors (Lipinski definition) is 3. The summed E-state index contributed by atoms with van der Waals surface area (Å²) in [6, 6.07) is 6.40. The number of aliphatic hydroxyl groups is 1. The van der Waals surface area contributed by atoms with E-state index in [0.29, 0.717) is 5.92 Å². The molecule has 0 fully saturated rings. The maximum atomic E-state index is 9.31. The Hall–Kier alpha value is -1.06. The van der Waals surface area contributed by atoms with E-state index < -0.39 is 0 Å². The summed E-state index contributed by atoms with van der Waals surface area (Å²) in [4.78, 5) is 0. The first kappa shape index (κ1) is 15.0. The van der Waals surface area contributed by atoms with Gasteiger partial charge in [-0.25, -0.2) is 0 Å². The predicted octanol–water partition coefficient (Wildman–Crippen LogP) is 2.36. The average molecular weight is 251 g/mol. The molecule has 1 aromatic carbocycles. The molecule has 0 aliphatic heterocycles. The highest BCUT2D eigenvalue weighted by atomic mass is 16.5. The van der Waals surface area contributed by atoms with E-state index in [9.17, 15) is 5.11 Å². The number of ether oxygens (including phenoxy) is 1. The SMILES string of the molecule is CCc1ccc(OC)c(CNC(CO)C(C)C)c1. The molecule has 18 heavy (non-hydrogen) atoms. The highest BCUT2D eigenvalue weighted by Gasteiger charge is 2.12. The van der Waals surface area contributed by atoms with Crippen LogP contribution in [0.15, 0.2) is 18.2 Å². The molecule has 0 amide bonds. The van der Waals surface area contributed by atoms with Gasteiger partial charge in [-0.05, 0) is 24.0 Å². The highest BCUT2D eigenvalue weighted by molar-refractivity contribution is 5.37. The van der Waals surface area contributed by atoms with Crippen molar-refractivity contribution in [3.05, 3.63) is 29.3 Å². The molecule has 1 rings (SSSR count). The maximum Gasteiger partial charge on any atom is 0.123 e. The fourth-order valence-electron chi connectivity index (χ4n) is 1.94. The van der Waals surface area contributed by atoms with E-state index in [1.165, 1.54) is 5.56 Å². The minimum Gasteiger partial charge on any atom is -0.496 e. The molecule has 0 spiro atoms. The van der Waals surface area contributed by atoms with Gasteiger partial charge < -0.3 is 15.2 Å². The molecule has 3 nitrogen and oxygen atoms in total. The minimum atomic E-state index is 0.125. The number of hydrogen-bond donors (Lipinski definition) is 2. The van der Waals surface area contributed by atoms with Gasteiger partial charge >= 0.3 is 0 Å². The molecule has 2 N–H and O–H groups in total. The monoisotopic (exact) mass is 251 g/mol. The third kappa shape index (κ3) is 4.00. The summed E-state index contributed by atoms with van der Waals surface area (Å²) in [5.41, 5.74) is 2.45. The zero-order chi connectivity index (χ0) is 13.5. The van der Waals surface area contributed by atoms with Crippen LogP contribution >= 0.6 is 0 Å². The second-order valence-electron chi connectivity index (χ2n) is 4.91. The molecule has 0 aliphatic rings. The van der Waals surface area contributed by atoms with Crippen molar-refractivity contribution in [2.24, 2.45) is 5.92 Å². The lowest BCUT2D eigenvalue weighted by Crippen LogP contribution is -2.36. The molecule has 0 aromatic heterocycles. The lowest BCUT2D eigenvalue weighted by Gasteiger charge is -2.21. The summed E-state index contributed by atoms with van der Waals surface area (Å²) in [5.74, 6) is 1.32. The third-order valence-electron chi connectivity index (χ3n) is 3.31. The molecule has 3 heteroatoms. The molecule has 102 valence electrons. The van der Waals surface area contributed by atoms with Crippen LogP contribution in [-0.4, -0.2) is 24.9 Å². The Morgan fingerprint density at radius 1 is 1.33 bits per heavy atom. The third-order valence-corrected chi connectivity index (χ3v) is 3.31. The van der Waals surface area contributed by atoms with Gasteiger partial charge in [0.05, 0.1) is 13.7 Å². The first-order valence-electron chi connectivity index (χ1n) is 6.62. The largest absolute Gasteiger partial charge is 0.496 e. The minimum absolute atomic E-state index is 0.125. The number of methoxy groups -OCH3 is 1. The second-order valence-corrected chi connectivity index (χ2v) is 4.91. The van der Waals surface area contributed by atoms with Gasteiger partial charge in [0.15, 0.2) is 0 Å². The van der Waals surface area contributed by atoms with Crippen molar-refractivity contribution >= 4 is 0 Å². The first-order valence-corrected chi connectivity index (χ1v) is 6.62. The Kier molecular flexibility index (Phi) is 6.16. The van der Waals surface area contributed by atoms with Crippen LogP contribution in [0.1, 0.15) is 31.9 Å². The zero-order valence-electron chi connectivity index (χ0n) is 11.9. The van der Waals surface area contributed by atoms with Gasteiger partial charge in [-0.15, -0.1) is 0 Å². The van der Waals surface area contributed by atoms with Crippen LogP contribution in [0.5, 0.6) is 5.75 Å². The van der Waals surface area contributed by atoms with Crippen LogP contribution in [0, 0.1) is 5.92 Å². The molecule has 0 saturated carbocycles. The Labute approximate surface area is 110 Å². The van der Waals surface area contributed by atoms with Crippen LogP contribution in [0.2, 0.25) is 0 Å². The van der Waals surface area contributed by atoms with E-state index in [1.54, 1.807) is 7.11 Å². The molecule has 0 aliphatic carbocycles. The van der Waals surface area contributed by atoms with Crippen molar-refractivity contribution in [3.8, 4) is 5.75 Å². The van der Waals surface area contributed by atoms with Gasteiger partial charge in [0.25, 0.3) is 0 Å². The van der Waals surface area contributed by atoms with E-state index in [4.69, 9.17) is 4.74 Å². The standard InChI is InChI=1S/C15H25NO2/c1-5-12-6-7-15(18-4)13(8-12)9-16-14(10-17)11(2)3/h6-8,11,14,16-17H,5,9-10H2,1-4H3. The Bertz CT molecular complexity index is 364. The van der Waals surface area contributed by atoms with E-state index in [0.717, 1.165) is 24.3 Å². The molecule has 1 atom stereocenters. The molecular weight excluding hydrogens is 226 g/mol. The Balaban J connectivity index is 2.75. The number of rotatable bonds is 7. The summed E-state index contributed by atoms with van der Waals surface area (Å²) >= 11 is 0. The van der Waals surface area contributed by atoms with Crippen LogP contribution in [-0.2, 0) is 13.0 Å². The van der Waals surface area contributed by atoms with Crippen molar-refractivity contribution in [2.75, 3.05) is 13.7 Å². The summed E-state index contributed by atoms with van der Waals surface area (Å²) in [5, 5.41) is 12.7. The lowest BCUT2D eigenvalue weighted by atomic mass is 10.0. The van der Waals surface area contributed by atoms with Crippen molar-refractivity contribution < 1.29 is 9.84 Å². The van der Waals surface area contributed by atoms with Crippen molar-refractivity contribution in [1.29, 1.82) is 0 Å². The van der Waals surface area contributed by atoms with E-state index >= 15 is 0 Å². The van der Waals surface area contributed by atoms with Gasteiger partial charge in [0.2, 0.25) is 0 Å². The summed E-state index contributed by atoms with van der Waals surface area (Å²) in [6.45, 7) is 7.23. The molecule has 0 bridgehead atoms. The Morgan fingerprint density at radius 3 is 2.56 bits per heavy atom. The quantitative estimate of drug-likeness (QED) is 0.781. The maximum absolute atomic E-state index is 9.31. The highest BCUT2D eigenvalue weighted by Crippen LogP contribution is 2.20. The van der Waals surface area contributed by atoms with Gasteiger partial charge in [0.1, 0.15) is 5.75 Å². The van der Waals surface area contributed by atoms with Gasteiger partial charge in [-0.3, -0.25) is 0 Å². The number of aliphatic hydroxyl groups excluding tert-OH is 1. The second kappa shape index (κ2) is 7.39. The van der Waals surface area contributed by atoms with Gasteiger partial charge in [-0.1, -0.05) is 32.9 Å². The molecule has 0 saturated heterocycles. The summed E-state index contributed by atoms with van der Waals surface area (Å²) < 4.78 is 5.37. The normalized spacial score (nSPS) is 12.8. The predicted molar refractivity (Wildman–Crippen MR) is 74.9 cm³/mol. The first-order chi connectivity index (χ1) is 8.62. The molecule has 0 radical (unpaired) electrons. The lowest BCUT2D eigenvalue weighted by molar-refractivity contribution is 0.209. The zero-order valence-corrected chi connectivity index (χ0v) is 11.9. The molecule has 0 heterocycles. The molecule has 1 unspecified atom stereocenters. The fraction of sp³-hybridized carbons (Fsp3) is 0.600. The van der Waals surface area contributed by atoms with Crippen molar-refractivity contribution in [3.63, 3.8) is 0 Å². The summed E-state index contributed by atoms with van der Waals surface area (Å²) in [6.07, 6.45) is 1.02. The fourth-order valence-corrected chi connectivity index (χ4v) is 1.94. The van der Waals surface area contributed by atoms with E-state index in [1.807, 2.05) is 6.07 Å². The van der Waals surface area contributed by atoms with Crippen LogP contribution in [0.3, 0.4) is 0 Å². The van der Waals surface area contributed by atoms with Crippen LogP contribution < -0.4 is 10.1 Å². The smallest absolute Gasteiger partial charge is 0.123 e. The molecular formula is C15H25NO2. The topological polar surface area (TPSA) is 41.5 Å². The molecule has 1 aromatic rings.